The Labute approximate surface area is 102 Å². The molecule has 0 heterocycles. The van der Waals surface area contributed by atoms with E-state index in [1.165, 1.54) is 6.19 Å². The van der Waals surface area contributed by atoms with Crippen molar-refractivity contribution in [2.24, 2.45) is 10.1 Å². The van der Waals surface area contributed by atoms with Gasteiger partial charge in [-0.05, 0) is 12.1 Å². The molecule has 5 N–H and O–H groups in total. The van der Waals surface area contributed by atoms with Crippen molar-refractivity contribution in [1.82, 2.24) is 5.32 Å². The maximum Gasteiger partial charge on any atom is 0.285 e. The number of rotatable bonds is 3. The molecule has 0 spiro atoms. The van der Waals surface area contributed by atoms with Crippen molar-refractivity contribution in [3.05, 3.63) is 29.5 Å². The molecule has 96 valence electrons. The SMILES string of the molecule is N#CN/C(N)=N\S(=O)(=O)c1ccc([NH+]([O-])O)cc1. The summed E-state index contributed by atoms with van der Waals surface area (Å²) in [4.78, 5) is -0.227. The zero-order valence-corrected chi connectivity index (χ0v) is 9.68. The van der Waals surface area contributed by atoms with Crippen molar-refractivity contribution in [2.45, 2.75) is 4.90 Å². The van der Waals surface area contributed by atoms with Crippen LogP contribution in [0.4, 0.5) is 5.69 Å². The van der Waals surface area contributed by atoms with E-state index in [4.69, 9.17) is 16.2 Å². The normalized spacial score (nSPS) is 13.7. The van der Waals surface area contributed by atoms with Gasteiger partial charge in [-0.25, -0.2) is 5.21 Å². The number of nitriles is 1. The highest BCUT2D eigenvalue weighted by Gasteiger charge is 2.14. The lowest BCUT2D eigenvalue weighted by Gasteiger charge is -2.11. The maximum atomic E-state index is 11.6. The van der Waals surface area contributed by atoms with Gasteiger partial charge in [0.15, 0.2) is 11.9 Å². The van der Waals surface area contributed by atoms with Crippen LogP contribution in [-0.2, 0) is 10.0 Å². The van der Waals surface area contributed by atoms with Gasteiger partial charge >= 0.3 is 0 Å². The summed E-state index contributed by atoms with van der Waals surface area (Å²) in [5, 5.41) is 28.1. The summed E-state index contributed by atoms with van der Waals surface area (Å²) < 4.78 is 26.4. The van der Waals surface area contributed by atoms with Gasteiger partial charge in [-0.3, -0.25) is 5.32 Å². The number of nitrogens with two attached hydrogens (primary N) is 1. The molecule has 1 rings (SSSR count). The second-order valence-electron chi connectivity index (χ2n) is 3.02. The first kappa shape index (κ1) is 13.9. The van der Waals surface area contributed by atoms with Crippen molar-refractivity contribution >= 4 is 21.7 Å². The van der Waals surface area contributed by atoms with E-state index in [2.05, 4.69) is 4.40 Å². The third-order valence-corrected chi connectivity index (χ3v) is 3.11. The van der Waals surface area contributed by atoms with E-state index in [9.17, 15) is 13.6 Å². The summed E-state index contributed by atoms with van der Waals surface area (Å²) in [5.74, 6) is -0.570. The van der Waals surface area contributed by atoms with Crippen LogP contribution in [0.5, 0.6) is 0 Å². The predicted octanol–water partition coefficient (Wildman–Crippen LogP) is -1.84. The predicted molar refractivity (Wildman–Crippen MR) is 59.8 cm³/mol. The van der Waals surface area contributed by atoms with Crippen LogP contribution < -0.4 is 16.3 Å². The Bertz CT molecular complexity index is 587. The molecule has 0 saturated heterocycles. The number of hydrogen-bond donors (Lipinski definition) is 4. The Balaban J connectivity index is 3.07. The Kier molecular flexibility index (Phi) is 4.18. The van der Waals surface area contributed by atoms with Gasteiger partial charge in [-0.2, -0.15) is 18.9 Å². The van der Waals surface area contributed by atoms with Crippen molar-refractivity contribution in [2.75, 3.05) is 0 Å². The molecular formula is C8H9N5O4S. The molecule has 0 radical (unpaired) electrons. The van der Waals surface area contributed by atoms with Gasteiger partial charge < -0.3 is 10.9 Å². The number of quaternary nitrogens is 1. The topological polar surface area (TPSA) is 156 Å². The van der Waals surface area contributed by atoms with Crippen molar-refractivity contribution in [3.8, 4) is 6.19 Å². The minimum Gasteiger partial charge on any atom is -0.595 e. The molecule has 1 unspecified atom stereocenters. The molecule has 10 heteroatoms. The standard InChI is InChI=1S/C8H9N5O4S/c9-5-11-8(10)12-18(16,17)7-3-1-6(2-4-7)13(14)15/h1-4,13-14H,(H3,10,11,12). The number of nitrogens with zero attached hydrogens (tertiary/aromatic N) is 2. The van der Waals surface area contributed by atoms with E-state index >= 15 is 0 Å². The first-order valence-electron chi connectivity index (χ1n) is 4.46. The summed E-state index contributed by atoms with van der Waals surface area (Å²) in [5.41, 5.74) is 5.07. The second kappa shape index (κ2) is 5.43. The lowest BCUT2D eigenvalue weighted by Crippen LogP contribution is -2.99. The quantitative estimate of drug-likeness (QED) is 0.165. The number of benzene rings is 1. The van der Waals surface area contributed by atoms with E-state index in [-0.39, 0.29) is 10.6 Å². The third kappa shape index (κ3) is 3.40. The largest absolute Gasteiger partial charge is 0.595 e. The third-order valence-electron chi connectivity index (χ3n) is 1.80. The van der Waals surface area contributed by atoms with Crippen LogP contribution in [0.2, 0.25) is 0 Å². The van der Waals surface area contributed by atoms with Crippen LogP contribution in [0.25, 0.3) is 0 Å². The highest BCUT2D eigenvalue weighted by molar-refractivity contribution is 7.90. The van der Waals surface area contributed by atoms with E-state index in [0.29, 0.717) is 0 Å². The lowest BCUT2D eigenvalue weighted by atomic mass is 10.3. The van der Waals surface area contributed by atoms with Gasteiger partial charge in [0.2, 0.25) is 5.96 Å². The zero-order valence-electron chi connectivity index (χ0n) is 8.86. The van der Waals surface area contributed by atoms with Crippen molar-refractivity contribution in [1.29, 1.82) is 5.26 Å². The first-order valence-corrected chi connectivity index (χ1v) is 5.90. The summed E-state index contributed by atoms with van der Waals surface area (Å²) >= 11 is 0. The monoisotopic (exact) mass is 271 g/mol. The fourth-order valence-corrected chi connectivity index (χ4v) is 1.92. The molecule has 9 nitrogen and oxygen atoms in total. The van der Waals surface area contributed by atoms with Crippen LogP contribution in [-0.4, -0.2) is 19.6 Å². The number of hydrogen-bond acceptors (Lipinski definition) is 5. The lowest BCUT2D eigenvalue weighted by molar-refractivity contribution is -0.991. The Hall–Kier alpha value is -2.19. The van der Waals surface area contributed by atoms with Crippen LogP contribution in [0, 0.1) is 16.7 Å². The smallest absolute Gasteiger partial charge is 0.285 e. The Morgan fingerprint density at radius 1 is 1.50 bits per heavy atom. The molecule has 0 aliphatic heterocycles. The molecule has 0 saturated carbocycles. The highest BCUT2D eigenvalue weighted by Crippen LogP contribution is 2.13. The highest BCUT2D eigenvalue weighted by atomic mass is 32.2. The molecule has 1 aromatic rings. The average Bonchev–Trinajstić information content (AvgIpc) is 2.28. The molecular weight excluding hydrogens is 262 g/mol. The van der Waals surface area contributed by atoms with Crippen molar-refractivity contribution < 1.29 is 18.9 Å². The van der Waals surface area contributed by atoms with Gasteiger partial charge in [-0.1, -0.05) is 0 Å². The van der Waals surface area contributed by atoms with Crippen LogP contribution in [0.3, 0.4) is 0 Å². The average molecular weight is 271 g/mol. The van der Waals surface area contributed by atoms with E-state index in [1.54, 1.807) is 0 Å². The van der Waals surface area contributed by atoms with Gasteiger partial charge in [-0.15, -0.1) is 4.40 Å². The second-order valence-corrected chi connectivity index (χ2v) is 4.62. The summed E-state index contributed by atoms with van der Waals surface area (Å²) in [6, 6.07) is 4.42. The molecule has 0 aliphatic carbocycles. The van der Waals surface area contributed by atoms with E-state index in [1.807, 2.05) is 5.32 Å². The molecule has 1 atom stereocenters. The van der Waals surface area contributed by atoms with E-state index in [0.717, 1.165) is 24.3 Å². The van der Waals surface area contributed by atoms with Crippen molar-refractivity contribution in [3.63, 3.8) is 0 Å². The van der Waals surface area contributed by atoms with Crippen LogP contribution in [0.15, 0.2) is 33.6 Å². The molecule has 0 fully saturated rings. The maximum absolute atomic E-state index is 11.6. The summed E-state index contributed by atoms with van der Waals surface area (Å²) in [6.07, 6.45) is 1.42. The molecule has 0 amide bonds. The number of sulfonamides is 1. The van der Waals surface area contributed by atoms with Crippen LogP contribution in [0.1, 0.15) is 0 Å². The summed E-state index contributed by atoms with van der Waals surface area (Å²) in [6.45, 7) is 0. The van der Waals surface area contributed by atoms with Gasteiger partial charge in [0.1, 0.15) is 0 Å². The zero-order chi connectivity index (χ0) is 13.8. The number of nitrogens with one attached hydrogen (secondary N) is 2. The molecule has 0 bridgehead atoms. The van der Waals surface area contributed by atoms with Gasteiger partial charge in [0, 0.05) is 12.1 Å². The Morgan fingerprint density at radius 3 is 2.50 bits per heavy atom. The molecule has 1 aromatic carbocycles. The van der Waals surface area contributed by atoms with E-state index < -0.39 is 21.2 Å². The van der Waals surface area contributed by atoms with Crippen LogP contribution >= 0.6 is 0 Å². The first-order chi connectivity index (χ1) is 8.36. The molecule has 18 heavy (non-hydrogen) atoms. The van der Waals surface area contributed by atoms with Gasteiger partial charge in [0.25, 0.3) is 10.0 Å². The minimum atomic E-state index is -4.07. The molecule has 0 aliphatic rings. The fourth-order valence-electron chi connectivity index (χ4n) is 1.03. The summed E-state index contributed by atoms with van der Waals surface area (Å²) in [7, 11) is -4.07. The Morgan fingerprint density at radius 2 is 2.06 bits per heavy atom. The fraction of sp³-hybridized carbons (Fsp3) is 0. The molecule has 0 aromatic heterocycles. The minimum absolute atomic E-state index is 0.0546. The van der Waals surface area contributed by atoms with Gasteiger partial charge in [0.05, 0.1) is 4.90 Å². The number of guanidine groups is 1.